The topological polar surface area (TPSA) is 44.6 Å². The third-order valence-electron chi connectivity index (χ3n) is 4.27. The van der Waals surface area contributed by atoms with Gasteiger partial charge in [-0.15, -0.1) is 0 Å². The molecule has 0 aromatic heterocycles. The molecule has 3 nitrogen and oxygen atoms in total. The summed E-state index contributed by atoms with van der Waals surface area (Å²) in [6.07, 6.45) is 6.55. The zero-order chi connectivity index (χ0) is 15.2. The fraction of sp³-hybridized carbons (Fsp3) is 0.562. The van der Waals surface area contributed by atoms with E-state index in [1.165, 1.54) is 18.9 Å². The molecule has 1 atom stereocenters. The highest BCUT2D eigenvalue weighted by Gasteiger charge is 2.25. The van der Waals surface area contributed by atoms with Crippen LogP contribution in [0.15, 0.2) is 18.2 Å². The maximum Gasteiger partial charge on any atom is 0.133 e. The molecule has 1 aliphatic carbocycles. The fourth-order valence-electron chi connectivity index (χ4n) is 3.15. The Balaban J connectivity index is 2.17. The van der Waals surface area contributed by atoms with E-state index in [1.807, 2.05) is 0 Å². The number of hydrogen-bond acceptors (Lipinski definition) is 2. The summed E-state index contributed by atoms with van der Waals surface area (Å²) in [5.41, 5.74) is 0.402. The minimum absolute atomic E-state index is 0.102. The molecule has 1 aliphatic rings. The van der Waals surface area contributed by atoms with Crippen LogP contribution in [0.5, 0.6) is 0 Å². The van der Waals surface area contributed by atoms with Gasteiger partial charge in [-0.3, -0.25) is 0 Å². The Kier molecular flexibility index (Phi) is 6.00. The second-order valence-corrected chi connectivity index (χ2v) is 6.18. The van der Waals surface area contributed by atoms with Crippen molar-refractivity contribution in [2.45, 2.75) is 51.1 Å². The van der Waals surface area contributed by atoms with Gasteiger partial charge in [0.05, 0.1) is 22.6 Å². The van der Waals surface area contributed by atoms with Gasteiger partial charge < -0.3 is 14.8 Å². The second kappa shape index (κ2) is 7.76. The number of carbonyl (C=O) groups is 1. The van der Waals surface area contributed by atoms with E-state index in [9.17, 15) is 14.3 Å². The third-order valence-corrected chi connectivity index (χ3v) is 4.62. The molecule has 0 saturated heterocycles. The van der Waals surface area contributed by atoms with E-state index in [0.29, 0.717) is 17.1 Å². The molecule has 0 heterocycles. The molecule has 116 valence electrons. The molecule has 0 bridgehead atoms. The predicted octanol–water partition coefficient (Wildman–Crippen LogP) is 1.34. The molecule has 0 radical (unpaired) electrons. The van der Waals surface area contributed by atoms with Crippen molar-refractivity contribution in [3.8, 4) is 0 Å². The molecule has 0 amide bonds. The first kappa shape index (κ1) is 16.2. The van der Waals surface area contributed by atoms with Crippen LogP contribution in [-0.4, -0.2) is 18.6 Å². The van der Waals surface area contributed by atoms with E-state index < -0.39 is 5.97 Å². The second-order valence-electron chi connectivity index (χ2n) is 5.77. The molecule has 2 rings (SSSR count). The maximum absolute atomic E-state index is 13.9. The molecule has 1 aromatic carbocycles. The summed E-state index contributed by atoms with van der Waals surface area (Å²) in [6, 6.07) is 4.81. The molecule has 0 aliphatic heterocycles. The number of rotatable bonds is 5. The van der Waals surface area contributed by atoms with Crippen LogP contribution >= 0.6 is 11.6 Å². The van der Waals surface area contributed by atoms with E-state index in [4.69, 9.17) is 11.6 Å². The largest absolute Gasteiger partial charge is 0.544 e. The van der Waals surface area contributed by atoms with Crippen molar-refractivity contribution in [3.63, 3.8) is 0 Å². The van der Waals surface area contributed by atoms with Gasteiger partial charge in [0.2, 0.25) is 0 Å². The average Bonchev–Trinajstić information content (AvgIpc) is 2.70. The summed E-state index contributed by atoms with van der Waals surface area (Å²) in [7, 11) is 0. The van der Waals surface area contributed by atoms with Crippen molar-refractivity contribution >= 4 is 17.6 Å². The highest BCUT2D eigenvalue weighted by molar-refractivity contribution is 6.31. The van der Waals surface area contributed by atoms with Crippen LogP contribution in [0.2, 0.25) is 5.02 Å². The molecule has 1 saturated carbocycles. The number of aliphatic carboxylic acids is 1. The zero-order valence-electron chi connectivity index (χ0n) is 12.0. The van der Waals surface area contributed by atoms with Gasteiger partial charge in [-0.2, -0.15) is 0 Å². The summed E-state index contributed by atoms with van der Waals surface area (Å²) in [4.78, 5) is 11.9. The molecule has 21 heavy (non-hydrogen) atoms. The standard InChI is InChI=1S/C16H21ClFNO2/c17-14-8-5-9-15(18)13(14)10-19(11-16(20)21)12-6-3-1-2-4-7-12/h5,8-9,12H,1-4,6-7,10-11H2,(H,20,21). The predicted molar refractivity (Wildman–Crippen MR) is 77.4 cm³/mol. The maximum atomic E-state index is 13.9. The zero-order valence-corrected chi connectivity index (χ0v) is 12.8. The Labute approximate surface area is 129 Å². The Hall–Kier alpha value is -1.13. The lowest BCUT2D eigenvalue weighted by atomic mass is 10.1. The van der Waals surface area contributed by atoms with Crippen LogP contribution in [0.25, 0.3) is 0 Å². The van der Waals surface area contributed by atoms with Crippen LogP contribution in [0.3, 0.4) is 0 Å². The van der Waals surface area contributed by atoms with E-state index in [-0.39, 0.29) is 18.4 Å². The van der Waals surface area contributed by atoms with Crippen molar-refractivity contribution in [1.82, 2.24) is 0 Å². The van der Waals surface area contributed by atoms with E-state index >= 15 is 0 Å². The van der Waals surface area contributed by atoms with Crippen molar-refractivity contribution in [1.29, 1.82) is 0 Å². The lowest BCUT2D eigenvalue weighted by Gasteiger charge is -2.28. The highest BCUT2D eigenvalue weighted by atomic mass is 35.5. The SMILES string of the molecule is O=C([O-])C[NH+](Cc1c(F)cccc1Cl)C1CCCCCC1. The van der Waals surface area contributed by atoms with Gasteiger partial charge in [0, 0.05) is 0 Å². The summed E-state index contributed by atoms with van der Waals surface area (Å²) < 4.78 is 13.9. The average molecular weight is 314 g/mol. The number of quaternary nitrogens is 1. The molecule has 5 heteroatoms. The summed E-state index contributed by atoms with van der Waals surface area (Å²) in [5.74, 6) is -1.46. The van der Waals surface area contributed by atoms with Crippen molar-refractivity contribution in [2.24, 2.45) is 0 Å². The van der Waals surface area contributed by atoms with Gasteiger partial charge in [-0.05, 0) is 37.8 Å². The molecule has 1 unspecified atom stereocenters. The molecular formula is C16H21ClFNO2. The van der Waals surface area contributed by atoms with Gasteiger partial charge in [-0.25, -0.2) is 4.39 Å². The van der Waals surface area contributed by atoms with Crippen molar-refractivity contribution < 1.29 is 19.2 Å². The lowest BCUT2D eigenvalue weighted by Crippen LogP contribution is -3.15. The lowest BCUT2D eigenvalue weighted by molar-refractivity contribution is -0.934. The summed E-state index contributed by atoms with van der Waals surface area (Å²) in [6.45, 7) is 0.194. The normalized spacial score (nSPS) is 18.2. The van der Waals surface area contributed by atoms with Crippen LogP contribution in [0, 0.1) is 5.82 Å². The molecule has 0 spiro atoms. The Bertz CT molecular complexity index is 467. The Morgan fingerprint density at radius 3 is 2.52 bits per heavy atom. The minimum Gasteiger partial charge on any atom is -0.544 e. The first-order valence-corrected chi connectivity index (χ1v) is 7.93. The number of carboxylic acid groups (broad SMARTS) is 1. The van der Waals surface area contributed by atoms with Crippen molar-refractivity contribution in [3.05, 3.63) is 34.6 Å². The molecular weight excluding hydrogens is 293 g/mol. The van der Waals surface area contributed by atoms with E-state index in [1.54, 1.807) is 12.1 Å². The summed E-state index contributed by atoms with van der Waals surface area (Å²) >= 11 is 6.06. The minimum atomic E-state index is -1.10. The summed E-state index contributed by atoms with van der Waals surface area (Å²) in [5, 5.41) is 11.4. The fourth-order valence-corrected chi connectivity index (χ4v) is 3.38. The number of benzene rings is 1. The Morgan fingerprint density at radius 1 is 1.29 bits per heavy atom. The number of hydrogen-bond donors (Lipinski definition) is 1. The van der Waals surface area contributed by atoms with E-state index in [2.05, 4.69) is 0 Å². The molecule has 1 fully saturated rings. The molecule has 1 N–H and O–H groups in total. The van der Waals surface area contributed by atoms with Crippen LogP contribution < -0.4 is 10.0 Å². The highest BCUT2D eigenvalue weighted by Crippen LogP contribution is 2.19. The monoisotopic (exact) mass is 313 g/mol. The van der Waals surface area contributed by atoms with Gasteiger partial charge >= 0.3 is 0 Å². The van der Waals surface area contributed by atoms with Crippen LogP contribution in [0.1, 0.15) is 44.1 Å². The van der Waals surface area contributed by atoms with E-state index in [0.717, 1.165) is 30.6 Å². The van der Waals surface area contributed by atoms with Crippen LogP contribution in [0.4, 0.5) is 4.39 Å². The first-order chi connectivity index (χ1) is 10.1. The van der Waals surface area contributed by atoms with Gasteiger partial charge in [0.1, 0.15) is 18.9 Å². The van der Waals surface area contributed by atoms with Crippen LogP contribution in [-0.2, 0) is 11.3 Å². The third kappa shape index (κ3) is 4.68. The first-order valence-electron chi connectivity index (χ1n) is 7.55. The smallest absolute Gasteiger partial charge is 0.133 e. The Morgan fingerprint density at radius 2 is 1.95 bits per heavy atom. The number of halogens is 2. The number of carboxylic acids is 1. The number of carbonyl (C=O) groups excluding carboxylic acids is 1. The van der Waals surface area contributed by atoms with Gasteiger partial charge in [0.15, 0.2) is 0 Å². The van der Waals surface area contributed by atoms with Crippen molar-refractivity contribution in [2.75, 3.05) is 6.54 Å². The van der Waals surface area contributed by atoms with Gasteiger partial charge in [-0.1, -0.05) is 30.5 Å². The number of nitrogens with one attached hydrogen (secondary N) is 1. The molecule has 1 aromatic rings. The van der Waals surface area contributed by atoms with Gasteiger partial charge in [0.25, 0.3) is 0 Å². The quantitative estimate of drug-likeness (QED) is 0.834.